The summed E-state index contributed by atoms with van der Waals surface area (Å²) in [6.45, 7) is 7.41. The van der Waals surface area contributed by atoms with E-state index in [2.05, 4.69) is 0 Å². The average molecular weight is 515 g/mol. The van der Waals surface area contributed by atoms with Crippen molar-refractivity contribution in [3.05, 3.63) is 79.6 Å². The molecule has 0 atom stereocenters. The van der Waals surface area contributed by atoms with Crippen LogP contribution in [0, 0.1) is 0 Å². The monoisotopic (exact) mass is 514 g/mol. The number of cyclic esters (lactones) is 2. The minimum Gasteiger partial charge on any atom is -0.451 e. The lowest BCUT2D eigenvalue weighted by molar-refractivity contribution is 0.00850. The minimum atomic E-state index is -0.838. The highest BCUT2D eigenvalue weighted by Crippen LogP contribution is 2.42. The van der Waals surface area contributed by atoms with Crippen LogP contribution in [0.2, 0.25) is 0 Å². The first-order valence-electron chi connectivity index (χ1n) is 12.2. The van der Waals surface area contributed by atoms with E-state index in [-0.39, 0.29) is 46.4 Å². The number of fused-ring (bicyclic) bond motifs is 6. The van der Waals surface area contributed by atoms with Crippen molar-refractivity contribution in [3.63, 3.8) is 0 Å². The van der Waals surface area contributed by atoms with Crippen molar-refractivity contribution in [2.24, 2.45) is 0 Å². The quantitative estimate of drug-likeness (QED) is 0.313. The lowest BCUT2D eigenvalue weighted by Crippen LogP contribution is -2.27. The highest BCUT2D eigenvalue weighted by atomic mass is 16.6. The molecule has 38 heavy (non-hydrogen) atoms. The molecule has 0 saturated carbocycles. The van der Waals surface area contributed by atoms with Crippen LogP contribution < -0.4 is 22.6 Å². The second kappa shape index (κ2) is 7.47. The van der Waals surface area contributed by atoms with Gasteiger partial charge in [0.1, 0.15) is 11.2 Å². The van der Waals surface area contributed by atoms with Gasteiger partial charge in [0.15, 0.2) is 0 Å². The number of rotatable bonds is 3. The molecule has 194 valence electrons. The third-order valence-electron chi connectivity index (χ3n) is 7.57. The molecule has 4 N–H and O–H groups in total. The maximum absolute atomic E-state index is 13.4. The molecular weight excluding hydrogens is 488 g/mol. The normalized spacial score (nSPS) is 16.9. The molecule has 0 spiro atoms. The molecule has 2 aliphatic heterocycles. The van der Waals surface area contributed by atoms with E-state index in [9.17, 15) is 19.2 Å². The van der Waals surface area contributed by atoms with Crippen LogP contribution in [0.4, 0.5) is 11.4 Å². The SMILES string of the molecule is CC1(C)OC(=O)c2c1cc(N)c1c(=O)n(CCn3ccc4c5c(cc(N)c4c3=O)C(C)(C)OC5=O)ccc21. The Morgan fingerprint density at radius 1 is 0.684 bits per heavy atom. The van der Waals surface area contributed by atoms with E-state index in [1.54, 1.807) is 64.4 Å². The maximum Gasteiger partial charge on any atom is 0.340 e. The second-order valence-electron chi connectivity index (χ2n) is 10.8. The van der Waals surface area contributed by atoms with Crippen molar-refractivity contribution in [3.8, 4) is 0 Å². The number of ether oxygens (including phenoxy) is 2. The molecule has 0 radical (unpaired) electrons. The topological polar surface area (TPSA) is 149 Å². The lowest BCUT2D eigenvalue weighted by atomic mass is 9.91. The van der Waals surface area contributed by atoms with Crippen molar-refractivity contribution < 1.29 is 19.1 Å². The molecule has 0 fully saturated rings. The van der Waals surface area contributed by atoms with Gasteiger partial charge >= 0.3 is 11.9 Å². The summed E-state index contributed by atoms with van der Waals surface area (Å²) in [7, 11) is 0. The smallest absolute Gasteiger partial charge is 0.340 e. The molecule has 2 aromatic carbocycles. The van der Waals surface area contributed by atoms with Crippen LogP contribution >= 0.6 is 0 Å². The molecule has 0 aliphatic carbocycles. The van der Waals surface area contributed by atoms with Gasteiger partial charge in [-0.25, -0.2) is 9.59 Å². The molecule has 4 aromatic rings. The number of esters is 2. The molecule has 2 aliphatic rings. The molecule has 0 amide bonds. The summed E-state index contributed by atoms with van der Waals surface area (Å²) in [5, 5.41) is 1.34. The third kappa shape index (κ3) is 3.12. The van der Waals surface area contributed by atoms with Crippen molar-refractivity contribution in [1.82, 2.24) is 9.13 Å². The number of aromatic nitrogens is 2. The predicted octanol–water partition coefficient (Wildman–Crippen LogP) is 2.99. The summed E-state index contributed by atoms with van der Waals surface area (Å²) in [5.74, 6) is -0.989. The molecule has 6 rings (SSSR count). The Labute approximate surface area is 216 Å². The predicted molar refractivity (Wildman–Crippen MR) is 142 cm³/mol. The van der Waals surface area contributed by atoms with Gasteiger partial charge in [-0.3, -0.25) is 9.59 Å². The number of hydrogen-bond acceptors (Lipinski definition) is 8. The maximum atomic E-state index is 13.4. The average Bonchev–Trinajstić information content (AvgIpc) is 3.20. The van der Waals surface area contributed by atoms with Gasteiger partial charge in [-0.1, -0.05) is 0 Å². The number of pyridine rings is 2. The summed E-state index contributed by atoms with van der Waals surface area (Å²) in [6, 6.07) is 6.59. The molecule has 0 unspecified atom stereocenters. The van der Waals surface area contributed by atoms with Gasteiger partial charge in [-0.05, 0) is 52.0 Å². The fraction of sp³-hybridized carbons (Fsp3) is 0.286. The molecule has 0 bridgehead atoms. The van der Waals surface area contributed by atoms with Crippen LogP contribution in [0.15, 0.2) is 46.2 Å². The van der Waals surface area contributed by atoms with Crippen LogP contribution in [0.3, 0.4) is 0 Å². The van der Waals surface area contributed by atoms with E-state index >= 15 is 0 Å². The Morgan fingerprint density at radius 3 is 1.42 bits per heavy atom. The second-order valence-corrected chi connectivity index (χ2v) is 10.8. The fourth-order valence-corrected chi connectivity index (χ4v) is 5.65. The number of carbonyl (C=O) groups is 2. The Morgan fingerprint density at radius 2 is 1.05 bits per heavy atom. The van der Waals surface area contributed by atoms with Crippen LogP contribution in [-0.2, 0) is 33.8 Å². The van der Waals surface area contributed by atoms with E-state index in [1.807, 2.05) is 0 Å². The summed E-state index contributed by atoms with van der Waals surface area (Å²) >= 11 is 0. The van der Waals surface area contributed by atoms with E-state index in [0.717, 1.165) is 0 Å². The van der Waals surface area contributed by atoms with E-state index in [4.69, 9.17) is 20.9 Å². The molecule has 10 heteroatoms. The Balaban J connectivity index is 1.40. The minimum absolute atomic E-state index is 0.159. The Kier molecular flexibility index (Phi) is 4.67. The summed E-state index contributed by atoms with van der Waals surface area (Å²) < 4.78 is 13.8. The molecule has 0 saturated heterocycles. The van der Waals surface area contributed by atoms with Crippen LogP contribution in [0.1, 0.15) is 59.5 Å². The number of nitrogens with zero attached hydrogens (tertiary/aromatic N) is 2. The van der Waals surface area contributed by atoms with E-state index in [1.165, 1.54) is 9.13 Å². The largest absolute Gasteiger partial charge is 0.451 e. The van der Waals surface area contributed by atoms with Crippen LogP contribution in [0.5, 0.6) is 0 Å². The number of anilines is 2. The Bertz CT molecular complexity index is 1740. The van der Waals surface area contributed by atoms with Gasteiger partial charge in [-0.2, -0.15) is 0 Å². The standard InChI is InChI=1S/C28H26N4O6/c1-27(2)15-11-17(29)21-13(19(15)25(35)37-27)5-7-31(23(21)33)9-10-32-8-6-14-20-16(28(3,4)38-26(20)36)12-18(30)22(14)24(32)34/h5-8,11-12H,9-10,29-30H2,1-4H3. The van der Waals surface area contributed by atoms with Crippen molar-refractivity contribution >= 4 is 44.9 Å². The number of benzene rings is 2. The number of hydrogen-bond donors (Lipinski definition) is 2. The number of carbonyl (C=O) groups excluding carboxylic acids is 2. The molecule has 4 heterocycles. The van der Waals surface area contributed by atoms with Gasteiger partial charge in [0.2, 0.25) is 0 Å². The lowest BCUT2D eigenvalue weighted by Gasteiger charge is -2.18. The first-order chi connectivity index (χ1) is 17.8. The summed E-state index contributed by atoms with van der Waals surface area (Å²) in [5.41, 5.74) is 12.6. The first-order valence-corrected chi connectivity index (χ1v) is 12.2. The van der Waals surface area contributed by atoms with Gasteiger partial charge in [0.25, 0.3) is 11.1 Å². The van der Waals surface area contributed by atoms with Crippen LogP contribution in [0.25, 0.3) is 21.5 Å². The molecule has 10 nitrogen and oxygen atoms in total. The van der Waals surface area contributed by atoms with Crippen molar-refractivity contribution in [2.45, 2.75) is 52.0 Å². The van der Waals surface area contributed by atoms with E-state index in [0.29, 0.717) is 33.0 Å². The third-order valence-corrected chi connectivity index (χ3v) is 7.57. The number of aryl methyl sites for hydroxylation is 2. The molecular formula is C28H26N4O6. The van der Waals surface area contributed by atoms with Gasteiger partial charge in [0.05, 0.1) is 21.9 Å². The highest BCUT2D eigenvalue weighted by Gasteiger charge is 2.41. The number of nitrogen functional groups attached to an aromatic ring is 2. The van der Waals surface area contributed by atoms with Gasteiger partial charge in [-0.15, -0.1) is 0 Å². The Hall–Kier alpha value is -4.60. The zero-order valence-corrected chi connectivity index (χ0v) is 21.4. The van der Waals surface area contributed by atoms with Crippen molar-refractivity contribution in [2.75, 3.05) is 11.5 Å². The van der Waals surface area contributed by atoms with Gasteiger partial charge in [0, 0.05) is 58.8 Å². The van der Waals surface area contributed by atoms with Crippen molar-refractivity contribution in [1.29, 1.82) is 0 Å². The summed E-state index contributed by atoms with van der Waals surface area (Å²) in [6.07, 6.45) is 3.16. The zero-order valence-electron chi connectivity index (χ0n) is 21.4. The fourth-order valence-electron chi connectivity index (χ4n) is 5.65. The molecule has 2 aromatic heterocycles. The van der Waals surface area contributed by atoms with E-state index < -0.39 is 23.1 Å². The highest BCUT2D eigenvalue weighted by molar-refractivity contribution is 6.12. The summed E-state index contributed by atoms with van der Waals surface area (Å²) in [4.78, 5) is 51.9. The zero-order chi connectivity index (χ0) is 27.3. The first kappa shape index (κ1) is 23.8. The van der Waals surface area contributed by atoms with Crippen LogP contribution in [-0.4, -0.2) is 21.1 Å². The van der Waals surface area contributed by atoms with Gasteiger partial charge < -0.3 is 30.1 Å². The number of nitrogens with two attached hydrogens (primary N) is 2.